The lowest BCUT2D eigenvalue weighted by Gasteiger charge is -2.39. The van der Waals surface area contributed by atoms with Crippen molar-refractivity contribution in [1.82, 2.24) is 0 Å². The lowest BCUT2D eigenvalue weighted by molar-refractivity contribution is -0.130. The lowest BCUT2D eigenvalue weighted by Crippen LogP contribution is -2.43. The first-order valence-corrected chi connectivity index (χ1v) is 10.9. The SMILES string of the molecule is COc1ccc(C(=O)O/N=C2\CC3(C(=O)Nc4cccc(C)c4)CCC2(C)C3(C)C)cc1. The predicted molar refractivity (Wildman–Crippen MR) is 124 cm³/mol. The smallest absolute Gasteiger partial charge is 0.365 e. The van der Waals surface area contributed by atoms with Crippen molar-refractivity contribution < 1.29 is 19.2 Å². The normalized spacial score (nSPS) is 26.7. The van der Waals surface area contributed by atoms with Crippen LogP contribution in [0.5, 0.6) is 5.75 Å². The number of ether oxygens (including phenoxy) is 1. The molecule has 1 amide bonds. The number of rotatable bonds is 5. The van der Waals surface area contributed by atoms with E-state index >= 15 is 0 Å². The number of carbonyl (C=O) groups excluding carboxylic acids is 2. The van der Waals surface area contributed by atoms with Gasteiger partial charge < -0.3 is 14.9 Å². The van der Waals surface area contributed by atoms with E-state index < -0.39 is 11.4 Å². The van der Waals surface area contributed by atoms with E-state index in [9.17, 15) is 9.59 Å². The molecule has 2 saturated carbocycles. The third-order valence-electron chi connectivity index (χ3n) is 8.01. The summed E-state index contributed by atoms with van der Waals surface area (Å²) in [5, 5.41) is 7.42. The maximum Gasteiger partial charge on any atom is 0.365 e. The van der Waals surface area contributed by atoms with Crippen molar-refractivity contribution in [3.05, 3.63) is 59.7 Å². The first-order valence-electron chi connectivity index (χ1n) is 10.9. The van der Waals surface area contributed by atoms with Crippen LogP contribution in [0.2, 0.25) is 0 Å². The molecule has 6 nitrogen and oxygen atoms in total. The van der Waals surface area contributed by atoms with Gasteiger partial charge in [-0.05, 0) is 67.1 Å². The number of aryl methyl sites for hydroxylation is 1. The maximum absolute atomic E-state index is 13.5. The summed E-state index contributed by atoms with van der Waals surface area (Å²) in [7, 11) is 1.57. The first kappa shape index (κ1) is 22.1. The van der Waals surface area contributed by atoms with Crippen LogP contribution in [0.15, 0.2) is 53.7 Å². The summed E-state index contributed by atoms with van der Waals surface area (Å²) in [5.74, 6) is 0.142. The van der Waals surface area contributed by atoms with Gasteiger partial charge in [0.1, 0.15) is 5.75 Å². The number of hydrogen-bond donors (Lipinski definition) is 1. The minimum atomic E-state index is -0.600. The van der Waals surface area contributed by atoms with Gasteiger partial charge in [0.25, 0.3) is 0 Å². The van der Waals surface area contributed by atoms with Crippen LogP contribution in [0.1, 0.15) is 56.0 Å². The summed E-state index contributed by atoms with van der Waals surface area (Å²) in [6, 6.07) is 14.5. The Morgan fingerprint density at radius 2 is 1.75 bits per heavy atom. The molecule has 168 valence electrons. The number of oxime groups is 1. The van der Waals surface area contributed by atoms with Gasteiger partial charge >= 0.3 is 5.97 Å². The summed E-state index contributed by atoms with van der Waals surface area (Å²) in [6.07, 6.45) is 2.07. The Kier molecular flexibility index (Phi) is 5.35. The molecular formula is C26H30N2O4. The number of nitrogens with one attached hydrogen (secondary N) is 1. The summed E-state index contributed by atoms with van der Waals surface area (Å²) in [6.45, 7) is 8.39. The number of hydrogen-bond acceptors (Lipinski definition) is 5. The van der Waals surface area contributed by atoms with Crippen molar-refractivity contribution in [2.45, 2.75) is 47.0 Å². The van der Waals surface area contributed by atoms with E-state index in [1.807, 2.05) is 31.2 Å². The Bertz CT molecular complexity index is 1090. The average Bonchev–Trinajstić information content (AvgIpc) is 3.08. The molecule has 0 saturated heterocycles. The number of anilines is 1. The Labute approximate surface area is 189 Å². The van der Waals surface area contributed by atoms with E-state index in [1.165, 1.54) is 0 Å². The fourth-order valence-electron chi connectivity index (χ4n) is 5.37. The molecule has 2 aliphatic carbocycles. The number of fused-ring (bicyclic) bond motifs is 2. The van der Waals surface area contributed by atoms with Crippen LogP contribution in [0.25, 0.3) is 0 Å². The highest BCUT2D eigenvalue weighted by molar-refractivity contribution is 6.06. The quantitative estimate of drug-likeness (QED) is 0.507. The molecule has 2 unspecified atom stereocenters. The van der Waals surface area contributed by atoms with E-state index in [-0.39, 0.29) is 16.7 Å². The summed E-state index contributed by atoms with van der Waals surface area (Å²) >= 11 is 0. The summed E-state index contributed by atoms with van der Waals surface area (Å²) in [4.78, 5) is 31.4. The Hall–Kier alpha value is -3.15. The van der Waals surface area contributed by atoms with Crippen LogP contribution in [-0.2, 0) is 9.63 Å². The van der Waals surface area contributed by atoms with E-state index in [1.54, 1.807) is 31.4 Å². The molecule has 2 aromatic rings. The van der Waals surface area contributed by atoms with Crippen molar-refractivity contribution in [1.29, 1.82) is 0 Å². The van der Waals surface area contributed by atoms with Crippen molar-refractivity contribution in [3.8, 4) is 5.75 Å². The first-order chi connectivity index (χ1) is 15.1. The molecule has 2 bridgehead atoms. The van der Waals surface area contributed by atoms with E-state index in [0.29, 0.717) is 17.7 Å². The molecule has 2 atom stereocenters. The molecule has 1 N–H and O–H groups in total. The maximum atomic E-state index is 13.5. The average molecular weight is 435 g/mol. The van der Waals surface area contributed by atoms with Gasteiger partial charge in [-0.3, -0.25) is 4.79 Å². The summed E-state index contributed by atoms with van der Waals surface area (Å²) < 4.78 is 5.12. The molecule has 0 aromatic heterocycles. The second-order valence-electron chi connectivity index (χ2n) is 9.68. The van der Waals surface area contributed by atoms with Crippen LogP contribution in [0.3, 0.4) is 0 Å². The molecule has 2 aliphatic rings. The zero-order valence-corrected chi connectivity index (χ0v) is 19.3. The topological polar surface area (TPSA) is 77.0 Å². The van der Waals surface area contributed by atoms with E-state index in [2.05, 4.69) is 31.2 Å². The Balaban J connectivity index is 1.56. The lowest BCUT2D eigenvalue weighted by atomic mass is 9.64. The number of amides is 1. The highest BCUT2D eigenvalue weighted by Gasteiger charge is 2.71. The van der Waals surface area contributed by atoms with Crippen LogP contribution < -0.4 is 10.1 Å². The minimum Gasteiger partial charge on any atom is -0.497 e. The second-order valence-corrected chi connectivity index (χ2v) is 9.68. The van der Waals surface area contributed by atoms with Gasteiger partial charge in [0.05, 0.1) is 23.8 Å². The molecule has 0 aliphatic heterocycles. The molecule has 4 rings (SSSR count). The van der Waals surface area contributed by atoms with Crippen LogP contribution in [0, 0.1) is 23.2 Å². The largest absolute Gasteiger partial charge is 0.497 e. The minimum absolute atomic E-state index is 0.00325. The van der Waals surface area contributed by atoms with Gasteiger partial charge in [-0.2, -0.15) is 0 Å². The fourth-order valence-corrected chi connectivity index (χ4v) is 5.37. The van der Waals surface area contributed by atoms with Crippen molar-refractivity contribution in [3.63, 3.8) is 0 Å². The van der Waals surface area contributed by atoms with Gasteiger partial charge in [-0.25, -0.2) is 4.79 Å². The monoisotopic (exact) mass is 434 g/mol. The zero-order chi connectivity index (χ0) is 23.1. The van der Waals surface area contributed by atoms with Gasteiger partial charge in [0.15, 0.2) is 0 Å². The number of methoxy groups -OCH3 is 1. The fraction of sp³-hybridized carbons (Fsp3) is 0.423. The van der Waals surface area contributed by atoms with E-state index in [0.717, 1.165) is 29.8 Å². The van der Waals surface area contributed by atoms with E-state index in [4.69, 9.17) is 9.57 Å². The standard InChI is InChI=1S/C26H30N2O4/c1-17-7-6-8-19(15-17)27-23(30)26-14-13-25(4,24(26,2)3)21(16-26)28-32-22(29)18-9-11-20(31-5)12-10-18/h6-12,15H,13-14,16H2,1-5H3,(H,27,30)/b28-21+. The third kappa shape index (κ3) is 3.29. The zero-order valence-electron chi connectivity index (χ0n) is 19.3. The van der Waals surface area contributed by atoms with Gasteiger partial charge in [0.2, 0.25) is 5.91 Å². The van der Waals surface area contributed by atoms with Gasteiger partial charge in [-0.15, -0.1) is 0 Å². The number of benzene rings is 2. The van der Waals surface area contributed by atoms with Crippen LogP contribution in [0.4, 0.5) is 5.69 Å². The number of nitrogens with zero attached hydrogens (tertiary/aromatic N) is 1. The third-order valence-corrected chi connectivity index (χ3v) is 8.01. The Morgan fingerprint density at radius 1 is 1.03 bits per heavy atom. The predicted octanol–water partition coefficient (Wildman–Crippen LogP) is 5.37. The van der Waals surface area contributed by atoms with Gasteiger partial charge in [0, 0.05) is 17.5 Å². The van der Waals surface area contributed by atoms with Crippen molar-refractivity contribution >= 4 is 23.3 Å². The highest BCUT2D eigenvalue weighted by atomic mass is 16.7. The molecule has 0 radical (unpaired) electrons. The molecule has 2 fully saturated rings. The Morgan fingerprint density at radius 3 is 2.41 bits per heavy atom. The molecule has 0 spiro atoms. The molecule has 2 aromatic carbocycles. The second kappa shape index (κ2) is 7.76. The number of carbonyl (C=O) groups is 2. The molecule has 32 heavy (non-hydrogen) atoms. The van der Waals surface area contributed by atoms with Crippen LogP contribution in [-0.4, -0.2) is 24.7 Å². The van der Waals surface area contributed by atoms with Crippen molar-refractivity contribution in [2.24, 2.45) is 21.4 Å². The van der Waals surface area contributed by atoms with Crippen molar-refractivity contribution in [2.75, 3.05) is 12.4 Å². The van der Waals surface area contributed by atoms with Gasteiger partial charge in [-0.1, -0.05) is 38.1 Å². The molecular weight excluding hydrogens is 404 g/mol. The summed E-state index contributed by atoms with van der Waals surface area (Å²) in [5.41, 5.74) is 1.80. The van der Waals surface area contributed by atoms with Crippen LogP contribution >= 0.6 is 0 Å². The highest BCUT2D eigenvalue weighted by Crippen LogP contribution is 2.71. The molecule has 6 heteroatoms. The molecule has 0 heterocycles.